The van der Waals surface area contributed by atoms with Crippen molar-refractivity contribution in [3.63, 3.8) is 0 Å². The number of amides is 1. The molecule has 1 N–H and O–H groups in total. The number of nitrogens with one attached hydrogen (secondary N) is 1. The van der Waals surface area contributed by atoms with Crippen molar-refractivity contribution in [2.45, 2.75) is 32.2 Å². The van der Waals surface area contributed by atoms with Crippen LogP contribution in [0.3, 0.4) is 0 Å². The van der Waals surface area contributed by atoms with E-state index in [2.05, 4.69) is 20.1 Å². The van der Waals surface area contributed by atoms with Gasteiger partial charge in [-0.1, -0.05) is 36.8 Å². The lowest BCUT2D eigenvalue weighted by Crippen LogP contribution is -2.20. The van der Waals surface area contributed by atoms with Gasteiger partial charge in [0.1, 0.15) is 17.0 Å². The van der Waals surface area contributed by atoms with E-state index in [0.717, 1.165) is 43.0 Å². The van der Waals surface area contributed by atoms with E-state index in [0.29, 0.717) is 16.7 Å². The molecule has 3 heterocycles. The third-order valence-corrected chi connectivity index (χ3v) is 5.37. The molecule has 0 saturated heterocycles. The summed E-state index contributed by atoms with van der Waals surface area (Å²) in [5.74, 6) is 1.30. The maximum Gasteiger partial charge on any atom is 0.349 e. The van der Waals surface area contributed by atoms with Crippen molar-refractivity contribution >= 4 is 22.6 Å². The zero-order chi connectivity index (χ0) is 20.5. The van der Waals surface area contributed by atoms with Crippen LogP contribution < -0.4 is 10.9 Å². The molecule has 30 heavy (non-hydrogen) atoms. The molecule has 0 bridgehead atoms. The summed E-state index contributed by atoms with van der Waals surface area (Å²) in [4.78, 5) is 25.0. The SMILES string of the molecule is O=C(Nc1cccc(-c2nnc3n2CCCCC3)c1)c1cc2ccccc2oc1=O. The molecule has 0 spiro atoms. The number of hydrogen-bond acceptors (Lipinski definition) is 5. The van der Waals surface area contributed by atoms with E-state index in [1.54, 1.807) is 30.3 Å². The fourth-order valence-corrected chi connectivity index (χ4v) is 3.85. The standard InChI is InChI=1S/C23H20N4O3/c28-22(18-14-15-7-3-4-10-19(15)30-23(18)29)24-17-9-6-8-16(13-17)21-26-25-20-11-2-1-5-12-27(20)21/h3-4,6-10,13-14H,1-2,5,11-12H2,(H,24,28). The van der Waals surface area contributed by atoms with Gasteiger partial charge in [0.05, 0.1) is 0 Å². The number of fused-ring (bicyclic) bond motifs is 2. The Balaban J connectivity index is 1.44. The number of anilines is 1. The average Bonchev–Trinajstić information content (AvgIpc) is 3.01. The topological polar surface area (TPSA) is 90.0 Å². The third-order valence-electron chi connectivity index (χ3n) is 5.37. The van der Waals surface area contributed by atoms with Crippen LogP contribution in [0.5, 0.6) is 0 Å². The van der Waals surface area contributed by atoms with Gasteiger partial charge in [-0.05, 0) is 37.1 Å². The average molecular weight is 400 g/mol. The number of para-hydroxylation sites is 1. The van der Waals surface area contributed by atoms with Crippen LogP contribution in [0.2, 0.25) is 0 Å². The lowest BCUT2D eigenvalue weighted by atomic mass is 10.1. The highest BCUT2D eigenvalue weighted by molar-refractivity contribution is 6.05. The summed E-state index contributed by atoms with van der Waals surface area (Å²) in [5.41, 5.74) is 1.21. The van der Waals surface area contributed by atoms with Crippen LogP contribution in [0, 0.1) is 0 Å². The van der Waals surface area contributed by atoms with E-state index in [-0.39, 0.29) is 5.56 Å². The Morgan fingerprint density at radius 3 is 2.83 bits per heavy atom. The van der Waals surface area contributed by atoms with E-state index in [1.807, 2.05) is 24.3 Å². The largest absolute Gasteiger partial charge is 0.422 e. The Morgan fingerprint density at radius 1 is 1.00 bits per heavy atom. The van der Waals surface area contributed by atoms with Gasteiger partial charge in [0.15, 0.2) is 5.82 Å². The van der Waals surface area contributed by atoms with Crippen LogP contribution in [0.1, 0.15) is 35.4 Å². The van der Waals surface area contributed by atoms with Crippen LogP contribution in [-0.4, -0.2) is 20.7 Å². The minimum atomic E-state index is -0.662. The van der Waals surface area contributed by atoms with Crippen molar-refractivity contribution < 1.29 is 9.21 Å². The van der Waals surface area contributed by atoms with Crippen molar-refractivity contribution in [1.29, 1.82) is 0 Å². The van der Waals surface area contributed by atoms with Gasteiger partial charge < -0.3 is 14.3 Å². The Morgan fingerprint density at radius 2 is 1.90 bits per heavy atom. The number of aryl methyl sites for hydroxylation is 1. The maximum atomic E-state index is 12.8. The number of carbonyl (C=O) groups is 1. The molecular formula is C23H20N4O3. The minimum absolute atomic E-state index is 0.0320. The molecule has 0 unspecified atom stereocenters. The summed E-state index contributed by atoms with van der Waals surface area (Å²) in [6.45, 7) is 0.895. The van der Waals surface area contributed by atoms with Crippen LogP contribution in [0.4, 0.5) is 5.69 Å². The highest BCUT2D eigenvalue weighted by Gasteiger charge is 2.17. The molecule has 2 aromatic carbocycles. The predicted octanol–water partition coefficient (Wildman–Crippen LogP) is 4.03. The Kier molecular flexibility index (Phi) is 4.63. The molecule has 7 heteroatoms. The van der Waals surface area contributed by atoms with Gasteiger partial charge in [0.2, 0.25) is 0 Å². The molecule has 1 amide bonds. The second kappa shape index (κ2) is 7.59. The number of hydrogen-bond donors (Lipinski definition) is 1. The fraction of sp³-hybridized carbons (Fsp3) is 0.217. The quantitative estimate of drug-likeness (QED) is 0.525. The first-order valence-corrected chi connectivity index (χ1v) is 10.1. The van der Waals surface area contributed by atoms with Crippen LogP contribution in [0.15, 0.2) is 63.8 Å². The van der Waals surface area contributed by atoms with Crippen LogP contribution >= 0.6 is 0 Å². The molecule has 0 fully saturated rings. The van der Waals surface area contributed by atoms with Crippen molar-refractivity contribution in [2.75, 3.05) is 5.32 Å². The first kappa shape index (κ1) is 18.3. The fourth-order valence-electron chi connectivity index (χ4n) is 3.85. The second-order valence-corrected chi connectivity index (χ2v) is 7.42. The lowest BCUT2D eigenvalue weighted by Gasteiger charge is -2.09. The van der Waals surface area contributed by atoms with E-state index in [9.17, 15) is 9.59 Å². The van der Waals surface area contributed by atoms with Crippen molar-refractivity contribution in [3.05, 3.63) is 76.4 Å². The van der Waals surface area contributed by atoms with Gasteiger partial charge in [-0.25, -0.2) is 4.79 Å². The molecule has 150 valence electrons. The van der Waals surface area contributed by atoms with E-state index in [1.165, 1.54) is 6.42 Å². The smallest absolute Gasteiger partial charge is 0.349 e. The Hall–Kier alpha value is -3.74. The molecule has 0 radical (unpaired) electrons. The number of benzene rings is 2. The van der Waals surface area contributed by atoms with E-state index >= 15 is 0 Å². The summed E-state index contributed by atoms with van der Waals surface area (Å²) < 4.78 is 7.43. The molecule has 1 aliphatic rings. The summed E-state index contributed by atoms with van der Waals surface area (Å²) in [6, 6.07) is 16.1. The van der Waals surface area contributed by atoms with Gasteiger partial charge in [-0.2, -0.15) is 0 Å². The van der Waals surface area contributed by atoms with E-state index < -0.39 is 11.5 Å². The van der Waals surface area contributed by atoms with Gasteiger partial charge in [-0.3, -0.25) is 4.79 Å². The van der Waals surface area contributed by atoms with Crippen molar-refractivity contribution in [3.8, 4) is 11.4 Å². The molecule has 0 saturated carbocycles. The third kappa shape index (κ3) is 3.39. The number of carbonyl (C=O) groups excluding carboxylic acids is 1. The summed E-state index contributed by atoms with van der Waals surface area (Å²) in [5, 5.41) is 12.2. The highest BCUT2D eigenvalue weighted by atomic mass is 16.4. The zero-order valence-electron chi connectivity index (χ0n) is 16.3. The van der Waals surface area contributed by atoms with Gasteiger partial charge in [-0.15, -0.1) is 10.2 Å². The van der Waals surface area contributed by atoms with Crippen molar-refractivity contribution in [2.24, 2.45) is 0 Å². The number of rotatable bonds is 3. The summed E-state index contributed by atoms with van der Waals surface area (Å²) in [6.07, 6.45) is 4.35. The highest BCUT2D eigenvalue weighted by Crippen LogP contribution is 2.25. The normalized spacial score (nSPS) is 13.6. The molecule has 0 aliphatic carbocycles. The molecule has 4 aromatic rings. The first-order chi connectivity index (χ1) is 14.7. The molecule has 2 aromatic heterocycles. The second-order valence-electron chi connectivity index (χ2n) is 7.42. The van der Waals surface area contributed by atoms with Crippen molar-refractivity contribution in [1.82, 2.24) is 14.8 Å². The lowest BCUT2D eigenvalue weighted by molar-refractivity contribution is 0.102. The van der Waals surface area contributed by atoms with Gasteiger partial charge >= 0.3 is 5.63 Å². The number of aromatic nitrogens is 3. The Labute approximate surface area is 172 Å². The number of nitrogens with zero attached hydrogens (tertiary/aromatic N) is 3. The molecule has 0 atom stereocenters. The monoisotopic (exact) mass is 400 g/mol. The first-order valence-electron chi connectivity index (χ1n) is 10.1. The molecular weight excluding hydrogens is 380 g/mol. The molecule has 1 aliphatic heterocycles. The van der Waals surface area contributed by atoms with Gasteiger partial charge in [0.25, 0.3) is 5.91 Å². The van der Waals surface area contributed by atoms with Gasteiger partial charge in [0, 0.05) is 29.6 Å². The molecule has 5 rings (SSSR count). The maximum absolute atomic E-state index is 12.8. The molecule has 7 nitrogen and oxygen atoms in total. The summed E-state index contributed by atoms with van der Waals surface area (Å²) >= 11 is 0. The summed E-state index contributed by atoms with van der Waals surface area (Å²) in [7, 11) is 0. The van der Waals surface area contributed by atoms with E-state index in [4.69, 9.17) is 4.42 Å². The predicted molar refractivity (Wildman–Crippen MR) is 113 cm³/mol. The zero-order valence-corrected chi connectivity index (χ0v) is 16.3. The Bertz CT molecular complexity index is 1310. The van der Waals surface area contributed by atoms with Crippen LogP contribution in [0.25, 0.3) is 22.4 Å². The van der Waals surface area contributed by atoms with Crippen LogP contribution in [-0.2, 0) is 13.0 Å². The minimum Gasteiger partial charge on any atom is -0.422 e.